The fourth-order valence-corrected chi connectivity index (χ4v) is 3.73. The lowest BCUT2D eigenvalue weighted by Gasteiger charge is -2.34. The first kappa shape index (κ1) is 13.9. The standard InChI is InChI=1S/C17H26N2O/c1-2-10-19-11-8-13(9-12-19)18-16-7-6-15-14(16)4-3-5-17(15)20/h3-5,13,16,18,20H,2,6-12H2,1H3. The molecule has 1 heterocycles. The third-order valence-electron chi connectivity index (χ3n) is 4.81. The maximum Gasteiger partial charge on any atom is 0.119 e. The summed E-state index contributed by atoms with van der Waals surface area (Å²) < 4.78 is 0. The van der Waals surface area contributed by atoms with Crippen LogP contribution in [0.25, 0.3) is 0 Å². The van der Waals surface area contributed by atoms with Crippen molar-refractivity contribution < 1.29 is 5.11 Å². The highest BCUT2D eigenvalue weighted by atomic mass is 16.3. The number of fused-ring (bicyclic) bond motifs is 1. The van der Waals surface area contributed by atoms with Crippen molar-refractivity contribution in [2.75, 3.05) is 19.6 Å². The summed E-state index contributed by atoms with van der Waals surface area (Å²) in [6.45, 7) is 5.95. The molecule has 1 unspecified atom stereocenters. The largest absolute Gasteiger partial charge is 0.508 e. The first-order valence-corrected chi connectivity index (χ1v) is 8.07. The van der Waals surface area contributed by atoms with Crippen LogP contribution in [-0.4, -0.2) is 35.7 Å². The van der Waals surface area contributed by atoms with Crippen molar-refractivity contribution in [1.82, 2.24) is 10.2 Å². The minimum atomic E-state index is 0.444. The molecular formula is C17H26N2O. The predicted octanol–water partition coefficient (Wildman–Crippen LogP) is 2.84. The van der Waals surface area contributed by atoms with Crippen LogP contribution in [0, 0.1) is 0 Å². The lowest BCUT2D eigenvalue weighted by molar-refractivity contribution is 0.191. The van der Waals surface area contributed by atoms with Crippen molar-refractivity contribution in [3.63, 3.8) is 0 Å². The van der Waals surface area contributed by atoms with E-state index in [-0.39, 0.29) is 0 Å². The maximum atomic E-state index is 9.91. The van der Waals surface area contributed by atoms with E-state index in [0.29, 0.717) is 17.8 Å². The van der Waals surface area contributed by atoms with Gasteiger partial charge in [0.2, 0.25) is 0 Å². The summed E-state index contributed by atoms with van der Waals surface area (Å²) in [7, 11) is 0. The molecule has 3 heteroatoms. The summed E-state index contributed by atoms with van der Waals surface area (Å²) in [6.07, 6.45) is 5.90. The van der Waals surface area contributed by atoms with Crippen LogP contribution in [0.2, 0.25) is 0 Å². The van der Waals surface area contributed by atoms with Gasteiger partial charge in [-0.15, -0.1) is 0 Å². The molecule has 1 fully saturated rings. The molecule has 1 aromatic carbocycles. The van der Waals surface area contributed by atoms with E-state index in [9.17, 15) is 5.11 Å². The highest BCUT2D eigenvalue weighted by Gasteiger charge is 2.27. The van der Waals surface area contributed by atoms with Crippen LogP contribution < -0.4 is 5.32 Å². The molecule has 1 aromatic rings. The second-order valence-electron chi connectivity index (χ2n) is 6.22. The van der Waals surface area contributed by atoms with Gasteiger partial charge in [0.15, 0.2) is 0 Å². The average molecular weight is 274 g/mol. The normalized spacial score (nSPS) is 23.9. The number of hydrogen-bond acceptors (Lipinski definition) is 3. The zero-order valence-corrected chi connectivity index (χ0v) is 12.4. The third kappa shape index (κ3) is 2.84. The quantitative estimate of drug-likeness (QED) is 0.886. The lowest BCUT2D eigenvalue weighted by atomic mass is 10.0. The van der Waals surface area contributed by atoms with Crippen molar-refractivity contribution in [3.8, 4) is 5.75 Å². The van der Waals surface area contributed by atoms with Crippen LogP contribution in [0.4, 0.5) is 0 Å². The van der Waals surface area contributed by atoms with Gasteiger partial charge in [-0.25, -0.2) is 0 Å². The molecule has 0 saturated carbocycles. The van der Waals surface area contributed by atoms with Gasteiger partial charge >= 0.3 is 0 Å². The molecule has 0 radical (unpaired) electrons. The van der Waals surface area contributed by atoms with Gasteiger partial charge in [0.05, 0.1) is 0 Å². The van der Waals surface area contributed by atoms with E-state index in [1.54, 1.807) is 0 Å². The Morgan fingerprint density at radius 3 is 2.80 bits per heavy atom. The highest BCUT2D eigenvalue weighted by Crippen LogP contribution is 2.36. The second-order valence-corrected chi connectivity index (χ2v) is 6.22. The number of phenolic OH excluding ortho intramolecular Hbond substituents is 1. The number of rotatable bonds is 4. The SMILES string of the molecule is CCCN1CCC(NC2CCc3c(O)cccc32)CC1. The molecule has 1 aliphatic heterocycles. The van der Waals surface area contributed by atoms with Crippen molar-refractivity contribution in [1.29, 1.82) is 0 Å². The summed E-state index contributed by atoms with van der Waals surface area (Å²) in [5, 5.41) is 13.7. The lowest BCUT2D eigenvalue weighted by Crippen LogP contribution is -2.43. The van der Waals surface area contributed by atoms with Gasteiger partial charge in [0.25, 0.3) is 0 Å². The summed E-state index contributed by atoms with van der Waals surface area (Å²) in [5.74, 6) is 0.476. The van der Waals surface area contributed by atoms with Gasteiger partial charge in [-0.3, -0.25) is 0 Å². The van der Waals surface area contributed by atoms with Crippen molar-refractivity contribution in [3.05, 3.63) is 29.3 Å². The Bertz CT molecular complexity index is 452. The van der Waals surface area contributed by atoms with Crippen LogP contribution >= 0.6 is 0 Å². The monoisotopic (exact) mass is 274 g/mol. The summed E-state index contributed by atoms with van der Waals surface area (Å²) in [4.78, 5) is 2.58. The van der Waals surface area contributed by atoms with Gasteiger partial charge < -0.3 is 15.3 Å². The Balaban J connectivity index is 1.57. The Kier molecular flexibility index (Phi) is 4.27. The smallest absolute Gasteiger partial charge is 0.119 e. The van der Waals surface area contributed by atoms with Crippen LogP contribution in [0.3, 0.4) is 0 Å². The molecule has 1 aliphatic carbocycles. The minimum Gasteiger partial charge on any atom is -0.508 e. The molecule has 0 amide bonds. The van der Waals surface area contributed by atoms with Crippen LogP contribution in [0.1, 0.15) is 49.8 Å². The molecule has 0 bridgehead atoms. The Morgan fingerprint density at radius 1 is 1.25 bits per heavy atom. The number of aromatic hydroxyl groups is 1. The summed E-state index contributed by atoms with van der Waals surface area (Å²) >= 11 is 0. The number of piperidine rings is 1. The Morgan fingerprint density at radius 2 is 2.05 bits per heavy atom. The van der Waals surface area contributed by atoms with Gasteiger partial charge in [0, 0.05) is 12.1 Å². The van der Waals surface area contributed by atoms with E-state index >= 15 is 0 Å². The highest BCUT2D eigenvalue weighted by molar-refractivity contribution is 5.44. The van der Waals surface area contributed by atoms with Crippen molar-refractivity contribution in [2.24, 2.45) is 0 Å². The zero-order chi connectivity index (χ0) is 13.9. The van der Waals surface area contributed by atoms with Crippen LogP contribution in [0.5, 0.6) is 5.75 Å². The van der Waals surface area contributed by atoms with E-state index in [1.165, 1.54) is 44.5 Å². The number of likely N-dealkylation sites (tertiary alicyclic amines) is 1. The molecule has 3 rings (SSSR count). The van der Waals surface area contributed by atoms with E-state index in [2.05, 4.69) is 23.2 Å². The summed E-state index contributed by atoms with van der Waals surface area (Å²) in [5.41, 5.74) is 2.48. The number of nitrogens with zero attached hydrogens (tertiary/aromatic N) is 1. The van der Waals surface area contributed by atoms with E-state index in [1.807, 2.05) is 12.1 Å². The maximum absolute atomic E-state index is 9.91. The van der Waals surface area contributed by atoms with E-state index in [0.717, 1.165) is 18.4 Å². The fraction of sp³-hybridized carbons (Fsp3) is 0.647. The molecule has 20 heavy (non-hydrogen) atoms. The Hall–Kier alpha value is -1.06. The van der Waals surface area contributed by atoms with Crippen LogP contribution in [0.15, 0.2) is 18.2 Å². The number of phenols is 1. The van der Waals surface area contributed by atoms with Crippen molar-refractivity contribution >= 4 is 0 Å². The van der Waals surface area contributed by atoms with E-state index < -0.39 is 0 Å². The molecule has 0 spiro atoms. The van der Waals surface area contributed by atoms with E-state index in [4.69, 9.17) is 0 Å². The predicted molar refractivity (Wildman–Crippen MR) is 82.1 cm³/mol. The number of nitrogens with one attached hydrogen (secondary N) is 1. The summed E-state index contributed by atoms with van der Waals surface area (Å²) in [6, 6.07) is 7.04. The van der Waals surface area contributed by atoms with Crippen molar-refractivity contribution in [2.45, 2.75) is 51.1 Å². The second kappa shape index (κ2) is 6.15. The first-order valence-electron chi connectivity index (χ1n) is 8.07. The van der Waals surface area contributed by atoms with Gasteiger partial charge in [0.1, 0.15) is 5.75 Å². The average Bonchev–Trinajstić information content (AvgIpc) is 2.86. The molecule has 1 saturated heterocycles. The molecule has 2 aliphatic rings. The molecule has 2 N–H and O–H groups in total. The van der Waals surface area contributed by atoms with Gasteiger partial charge in [-0.1, -0.05) is 19.1 Å². The third-order valence-corrected chi connectivity index (χ3v) is 4.81. The zero-order valence-electron chi connectivity index (χ0n) is 12.4. The number of benzene rings is 1. The van der Waals surface area contributed by atoms with Crippen LogP contribution in [-0.2, 0) is 6.42 Å². The molecular weight excluding hydrogens is 248 g/mol. The molecule has 3 nitrogen and oxygen atoms in total. The molecule has 110 valence electrons. The fourth-order valence-electron chi connectivity index (χ4n) is 3.73. The number of hydrogen-bond donors (Lipinski definition) is 2. The Labute approximate surface area is 122 Å². The van der Waals surface area contributed by atoms with Gasteiger partial charge in [-0.05, 0) is 68.9 Å². The van der Waals surface area contributed by atoms with Gasteiger partial charge in [-0.2, -0.15) is 0 Å². The molecule has 0 aromatic heterocycles. The molecule has 1 atom stereocenters. The minimum absolute atomic E-state index is 0.444. The topological polar surface area (TPSA) is 35.5 Å². The first-order chi connectivity index (χ1) is 9.78.